The van der Waals surface area contributed by atoms with Crippen molar-refractivity contribution in [2.24, 2.45) is 23.2 Å². The maximum atomic E-state index is 11.9. The molecule has 1 unspecified atom stereocenters. The number of hydrogen-bond acceptors (Lipinski definition) is 3. The van der Waals surface area contributed by atoms with Gasteiger partial charge in [0, 0.05) is 5.41 Å². The van der Waals surface area contributed by atoms with Crippen molar-refractivity contribution in [1.29, 1.82) is 0 Å². The Bertz CT molecular complexity index is 771. The van der Waals surface area contributed by atoms with E-state index in [1.165, 1.54) is 5.57 Å². The SMILES string of the molecule is C=C1CC[C@H](O)CC1=CC=C1CCC[C@@]2(C)C1CC[C@]2(O)[C@@](C)(O)/C=C/[C@H](C)C(C)C. The van der Waals surface area contributed by atoms with Crippen molar-refractivity contribution < 1.29 is 15.3 Å². The first-order chi connectivity index (χ1) is 14.4. The highest BCUT2D eigenvalue weighted by Gasteiger charge is 2.64. The Kier molecular flexibility index (Phi) is 7.11. The Balaban J connectivity index is 1.87. The van der Waals surface area contributed by atoms with Gasteiger partial charge in [-0.05, 0) is 81.6 Å². The van der Waals surface area contributed by atoms with Crippen LogP contribution in [0.15, 0.2) is 47.6 Å². The molecule has 0 aromatic carbocycles. The first kappa shape index (κ1) is 24.5. The molecule has 0 heterocycles. The fraction of sp³-hybridized carbons (Fsp3) is 0.714. The molecule has 3 fully saturated rings. The van der Waals surface area contributed by atoms with Gasteiger partial charge in [0.1, 0.15) is 11.2 Å². The second kappa shape index (κ2) is 9.00. The fourth-order valence-corrected chi connectivity index (χ4v) is 6.18. The predicted molar refractivity (Wildman–Crippen MR) is 129 cm³/mol. The Morgan fingerprint density at radius 1 is 1.13 bits per heavy atom. The van der Waals surface area contributed by atoms with E-state index in [0.717, 1.165) is 49.7 Å². The number of aliphatic hydroxyl groups is 3. The van der Waals surface area contributed by atoms with Gasteiger partial charge in [0.25, 0.3) is 0 Å². The van der Waals surface area contributed by atoms with E-state index in [2.05, 4.69) is 52.5 Å². The predicted octanol–water partition coefficient (Wildman–Crippen LogP) is 5.87. The summed E-state index contributed by atoms with van der Waals surface area (Å²) < 4.78 is 0. The lowest BCUT2D eigenvalue weighted by atomic mass is 9.57. The van der Waals surface area contributed by atoms with Crippen molar-refractivity contribution in [3.63, 3.8) is 0 Å². The molecule has 3 rings (SSSR count). The molecule has 0 radical (unpaired) electrons. The zero-order valence-corrected chi connectivity index (χ0v) is 20.3. The third kappa shape index (κ3) is 4.51. The number of hydrogen-bond donors (Lipinski definition) is 3. The van der Waals surface area contributed by atoms with Crippen LogP contribution in [0.4, 0.5) is 0 Å². The summed E-state index contributed by atoms with van der Waals surface area (Å²) in [6.45, 7) is 14.7. The van der Waals surface area contributed by atoms with Gasteiger partial charge in [-0.25, -0.2) is 0 Å². The van der Waals surface area contributed by atoms with Gasteiger partial charge in [-0.15, -0.1) is 0 Å². The van der Waals surface area contributed by atoms with Gasteiger partial charge in [-0.1, -0.05) is 69.7 Å². The minimum Gasteiger partial charge on any atom is -0.393 e. The topological polar surface area (TPSA) is 60.7 Å². The molecule has 3 N–H and O–H groups in total. The largest absolute Gasteiger partial charge is 0.393 e. The summed E-state index contributed by atoms with van der Waals surface area (Å²) in [4.78, 5) is 0. The summed E-state index contributed by atoms with van der Waals surface area (Å²) in [5.41, 5.74) is 0.908. The van der Waals surface area contributed by atoms with Gasteiger partial charge < -0.3 is 15.3 Å². The molecule has 31 heavy (non-hydrogen) atoms. The Labute approximate surface area is 189 Å². The molecule has 0 aromatic rings. The summed E-state index contributed by atoms with van der Waals surface area (Å²) in [5, 5.41) is 33.5. The van der Waals surface area contributed by atoms with E-state index >= 15 is 0 Å². The molecule has 0 bridgehead atoms. The minimum atomic E-state index is -1.26. The number of fused-ring (bicyclic) bond motifs is 1. The highest BCUT2D eigenvalue weighted by molar-refractivity contribution is 5.37. The van der Waals surface area contributed by atoms with Crippen LogP contribution in [0, 0.1) is 23.2 Å². The van der Waals surface area contributed by atoms with Gasteiger partial charge >= 0.3 is 0 Å². The summed E-state index contributed by atoms with van der Waals surface area (Å²) in [5.74, 6) is 1.12. The van der Waals surface area contributed by atoms with Crippen LogP contribution in [0.5, 0.6) is 0 Å². The summed E-state index contributed by atoms with van der Waals surface area (Å²) in [6, 6.07) is 0. The van der Waals surface area contributed by atoms with Crippen LogP contribution < -0.4 is 0 Å². The third-order valence-electron chi connectivity index (χ3n) is 8.92. The number of allylic oxidation sites excluding steroid dienone is 5. The van der Waals surface area contributed by atoms with E-state index in [0.29, 0.717) is 24.7 Å². The minimum absolute atomic E-state index is 0.265. The van der Waals surface area contributed by atoms with Crippen molar-refractivity contribution in [1.82, 2.24) is 0 Å². The molecular formula is C28H44O3. The lowest BCUT2D eigenvalue weighted by molar-refractivity contribution is -0.179. The molecule has 3 saturated carbocycles. The molecule has 6 atom stereocenters. The average molecular weight is 429 g/mol. The quantitative estimate of drug-likeness (QED) is 0.480. The van der Waals surface area contributed by atoms with Crippen LogP contribution in [0.2, 0.25) is 0 Å². The fourth-order valence-electron chi connectivity index (χ4n) is 6.18. The maximum Gasteiger partial charge on any atom is 0.109 e. The van der Waals surface area contributed by atoms with E-state index in [-0.39, 0.29) is 17.4 Å². The molecule has 0 saturated heterocycles. The maximum absolute atomic E-state index is 11.9. The van der Waals surface area contributed by atoms with E-state index in [4.69, 9.17) is 0 Å². The van der Waals surface area contributed by atoms with E-state index in [1.54, 1.807) is 6.92 Å². The van der Waals surface area contributed by atoms with Crippen LogP contribution in [-0.2, 0) is 0 Å². The molecule has 0 amide bonds. The van der Waals surface area contributed by atoms with Crippen molar-refractivity contribution in [3.8, 4) is 0 Å². The van der Waals surface area contributed by atoms with E-state index < -0.39 is 11.2 Å². The Morgan fingerprint density at radius 3 is 2.52 bits per heavy atom. The summed E-state index contributed by atoms with van der Waals surface area (Å²) in [6.07, 6.45) is 14.9. The first-order valence-electron chi connectivity index (χ1n) is 12.3. The average Bonchev–Trinajstić information content (AvgIpc) is 2.99. The van der Waals surface area contributed by atoms with Crippen LogP contribution in [0.1, 0.15) is 86.0 Å². The first-order valence-corrected chi connectivity index (χ1v) is 12.3. The van der Waals surface area contributed by atoms with Crippen molar-refractivity contribution in [2.45, 2.75) is 103 Å². The molecule has 0 aromatic heterocycles. The summed E-state index contributed by atoms with van der Waals surface area (Å²) >= 11 is 0. The van der Waals surface area contributed by atoms with Gasteiger partial charge in [-0.2, -0.15) is 0 Å². The second-order valence-electron chi connectivity index (χ2n) is 11.3. The highest BCUT2D eigenvalue weighted by Crippen LogP contribution is 2.62. The zero-order chi connectivity index (χ0) is 23.0. The van der Waals surface area contributed by atoms with Gasteiger partial charge in [0.2, 0.25) is 0 Å². The summed E-state index contributed by atoms with van der Waals surface area (Å²) in [7, 11) is 0. The number of rotatable bonds is 5. The molecule has 0 aliphatic heterocycles. The third-order valence-corrected chi connectivity index (χ3v) is 8.92. The smallest absolute Gasteiger partial charge is 0.109 e. The van der Waals surface area contributed by atoms with Gasteiger partial charge in [0.15, 0.2) is 0 Å². The number of aliphatic hydroxyl groups excluding tert-OH is 1. The van der Waals surface area contributed by atoms with Crippen LogP contribution in [0.25, 0.3) is 0 Å². The molecule has 0 spiro atoms. The van der Waals surface area contributed by atoms with Crippen molar-refractivity contribution >= 4 is 0 Å². The molecular weight excluding hydrogens is 384 g/mol. The molecule has 3 aliphatic carbocycles. The molecule has 174 valence electrons. The van der Waals surface area contributed by atoms with E-state index in [9.17, 15) is 15.3 Å². The standard InChI is InChI=1S/C28H44O3/c1-19(2)20(3)13-16-27(6,30)28(31)17-14-25-22(8-7-15-26(25,28)5)10-11-23-18-24(29)12-9-21(23)4/h10-11,13,16,19-20,24-25,29-31H,4,7-9,12,14-15,17-18H2,1-3,5-6H3/b16-13+,22-10?,23-11?/t20-,24-,25?,26-,27-,28+/m0/s1. The van der Waals surface area contributed by atoms with Crippen LogP contribution in [0.3, 0.4) is 0 Å². The van der Waals surface area contributed by atoms with Crippen LogP contribution >= 0.6 is 0 Å². The normalized spacial score (nSPS) is 40.0. The molecule has 3 nitrogen and oxygen atoms in total. The highest BCUT2D eigenvalue weighted by atomic mass is 16.4. The lowest BCUT2D eigenvalue weighted by Gasteiger charge is -2.52. The second-order valence-corrected chi connectivity index (χ2v) is 11.3. The Morgan fingerprint density at radius 2 is 1.84 bits per heavy atom. The molecule has 3 aliphatic rings. The van der Waals surface area contributed by atoms with Crippen molar-refractivity contribution in [3.05, 3.63) is 47.6 Å². The zero-order valence-electron chi connectivity index (χ0n) is 20.3. The van der Waals surface area contributed by atoms with E-state index in [1.807, 2.05) is 6.08 Å². The monoisotopic (exact) mass is 428 g/mol. The molecule has 3 heteroatoms. The Hall–Kier alpha value is -1.16. The van der Waals surface area contributed by atoms with Gasteiger partial charge in [0.05, 0.1) is 6.10 Å². The lowest BCUT2D eigenvalue weighted by Crippen LogP contribution is -2.60. The van der Waals surface area contributed by atoms with Crippen LogP contribution in [-0.4, -0.2) is 32.6 Å². The van der Waals surface area contributed by atoms with Crippen molar-refractivity contribution in [2.75, 3.05) is 0 Å². The van der Waals surface area contributed by atoms with Gasteiger partial charge in [-0.3, -0.25) is 0 Å².